The molecule has 0 fully saturated rings. The van der Waals surface area contributed by atoms with E-state index in [1.165, 1.54) is 12.1 Å². The van der Waals surface area contributed by atoms with Crippen LogP contribution in [0.15, 0.2) is 64.6 Å². The van der Waals surface area contributed by atoms with Crippen molar-refractivity contribution in [3.8, 4) is 5.75 Å². The van der Waals surface area contributed by atoms with Gasteiger partial charge >= 0.3 is 0 Å². The van der Waals surface area contributed by atoms with Crippen LogP contribution in [0.25, 0.3) is 0 Å². The number of carbonyl (C=O) groups is 7. The van der Waals surface area contributed by atoms with Crippen LogP contribution in [0.5, 0.6) is 5.75 Å². The Balaban J connectivity index is 2.58. The molecule has 0 aromatic heterocycles. The minimum Gasteiger partial charge on any atom is -0.508 e. The number of benzene rings is 2. The number of hydrogen-bond donors (Lipinski definition) is 13. The van der Waals surface area contributed by atoms with Gasteiger partial charge in [0.15, 0.2) is 11.9 Å². The van der Waals surface area contributed by atoms with Crippen LogP contribution >= 0.6 is 0 Å². The number of phenols is 1. The van der Waals surface area contributed by atoms with Gasteiger partial charge in [0, 0.05) is 31.3 Å². The Labute approximate surface area is 404 Å². The van der Waals surface area contributed by atoms with Gasteiger partial charge in [-0.1, -0.05) is 83.5 Å². The van der Waals surface area contributed by atoms with Crippen LogP contribution in [0.4, 0.5) is 0 Å². The lowest BCUT2D eigenvalue weighted by Crippen LogP contribution is -2.61. The lowest BCUT2D eigenvalue weighted by molar-refractivity contribution is -0.136. The first-order chi connectivity index (χ1) is 32.6. The highest BCUT2D eigenvalue weighted by Crippen LogP contribution is 2.16. The molecule has 22 nitrogen and oxygen atoms in total. The number of carbonyl (C=O) groups excluding carboxylic acids is 7. The quantitative estimate of drug-likeness (QED) is 0.0252. The molecule has 22 heteroatoms. The van der Waals surface area contributed by atoms with Crippen molar-refractivity contribution in [1.82, 2.24) is 31.9 Å². The van der Waals surface area contributed by atoms with Crippen LogP contribution in [-0.2, 0) is 46.4 Å². The third kappa shape index (κ3) is 22.1. The maximum absolute atomic E-state index is 14.6. The number of nitrogens with one attached hydrogen (secondary N) is 6. The third-order valence-electron chi connectivity index (χ3n) is 11.2. The molecule has 0 aliphatic heterocycles. The molecule has 2 aromatic rings. The summed E-state index contributed by atoms with van der Waals surface area (Å²) in [6.45, 7) is 9.27. The second-order valence-corrected chi connectivity index (χ2v) is 18.0. The van der Waals surface area contributed by atoms with Crippen LogP contribution in [0.3, 0.4) is 0 Å². The van der Waals surface area contributed by atoms with E-state index in [9.17, 15) is 38.7 Å². The number of aliphatic imine (C=N–C) groups is 2. The van der Waals surface area contributed by atoms with Crippen molar-refractivity contribution in [2.45, 2.75) is 135 Å². The van der Waals surface area contributed by atoms with E-state index >= 15 is 0 Å². The lowest BCUT2D eigenvalue weighted by atomic mass is 9.94. The van der Waals surface area contributed by atoms with Crippen LogP contribution < -0.4 is 66.3 Å². The standard InChI is InChI=1S/C47H76N14O8/c1-6-28(2)37(43(68)56-32(38(49)63)16-10-11-23-48)61-40(65)33(17-12-24-54-45(50)51)57-41(66)36(27-30-19-21-31(62)22-20-30)59-42(67)35(26-29-14-8-7-9-15-29)58-39(64)34(18-13-25-55-46(52)53)60-44(69)47(3,4)5/h7-9,14-15,19-22,28,32-37,62H,6,10-13,16-18,23-27,48H2,1-5H3,(H2,49,63)(H,56,68)(H,57,66)(H,58,64)(H,59,67)(H,60,69)(H,61,65)(H4,50,51,54)(H4,52,53,55)/t28-,32-,33-,34-,35-,36-,37-/m0/s1. The van der Waals surface area contributed by atoms with E-state index in [1.807, 2.05) is 6.92 Å². The van der Waals surface area contributed by atoms with E-state index in [1.54, 1.807) is 70.2 Å². The second-order valence-electron chi connectivity index (χ2n) is 18.0. The van der Waals surface area contributed by atoms with E-state index < -0.39 is 88.9 Å². The molecule has 69 heavy (non-hydrogen) atoms. The van der Waals surface area contributed by atoms with Crippen molar-refractivity contribution in [2.24, 2.45) is 55.7 Å². The molecule has 0 saturated carbocycles. The molecule has 0 unspecified atom stereocenters. The fraction of sp³-hybridized carbons (Fsp3) is 0.553. The van der Waals surface area contributed by atoms with Gasteiger partial charge in [0.05, 0.1) is 0 Å². The molecule has 0 spiro atoms. The Morgan fingerprint density at radius 1 is 0.565 bits per heavy atom. The largest absolute Gasteiger partial charge is 0.508 e. The first kappa shape index (κ1) is 58.2. The number of unbranched alkanes of at least 4 members (excludes halogenated alkanes) is 1. The number of hydrogen-bond acceptors (Lipinski definition) is 11. The third-order valence-corrected chi connectivity index (χ3v) is 11.2. The fourth-order valence-corrected chi connectivity index (χ4v) is 6.87. The molecule has 0 aliphatic rings. The van der Waals surface area contributed by atoms with Crippen molar-refractivity contribution in [3.63, 3.8) is 0 Å². The summed E-state index contributed by atoms with van der Waals surface area (Å²) in [5, 5.41) is 26.5. The smallest absolute Gasteiger partial charge is 0.243 e. The summed E-state index contributed by atoms with van der Waals surface area (Å²) in [7, 11) is 0. The Morgan fingerprint density at radius 3 is 1.46 bits per heavy atom. The van der Waals surface area contributed by atoms with Gasteiger partial charge in [-0.2, -0.15) is 0 Å². The minimum absolute atomic E-state index is 0.0242. The van der Waals surface area contributed by atoms with E-state index in [-0.39, 0.29) is 69.3 Å². The molecule has 2 aromatic carbocycles. The Hall–Kier alpha value is -6.97. The van der Waals surface area contributed by atoms with Gasteiger partial charge < -0.3 is 71.4 Å². The van der Waals surface area contributed by atoms with Crippen LogP contribution in [0.1, 0.15) is 97.1 Å². The van der Waals surface area contributed by atoms with E-state index in [4.69, 9.17) is 34.4 Å². The van der Waals surface area contributed by atoms with E-state index in [0.29, 0.717) is 43.4 Å². The molecule has 19 N–H and O–H groups in total. The van der Waals surface area contributed by atoms with Crippen molar-refractivity contribution >= 4 is 53.3 Å². The van der Waals surface area contributed by atoms with Gasteiger partial charge in [0.1, 0.15) is 42.0 Å². The summed E-state index contributed by atoms with van der Waals surface area (Å²) in [5.41, 5.74) is 33.6. The first-order valence-corrected chi connectivity index (χ1v) is 23.3. The molecule has 7 amide bonds. The molecular formula is C47H76N14O8. The van der Waals surface area contributed by atoms with Crippen LogP contribution in [0, 0.1) is 11.3 Å². The van der Waals surface area contributed by atoms with E-state index in [2.05, 4.69) is 41.9 Å². The second kappa shape index (κ2) is 29.7. The Kier molecular flexibility index (Phi) is 25.0. The molecule has 0 saturated heterocycles. The number of amides is 7. The topological polar surface area (TPSA) is 393 Å². The highest BCUT2D eigenvalue weighted by Gasteiger charge is 2.35. The van der Waals surface area contributed by atoms with Crippen molar-refractivity contribution in [3.05, 3.63) is 65.7 Å². The average molecular weight is 965 g/mol. The van der Waals surface area contributed by atoms with Crippen molar-refractivity contribution in [2.75, 3.05) is 19.6 Å². The van der Waals surface area contributed by atoms with Crippen molar-refractivity contribution in [1.29, 1.82) is 0 Å². The zero-order chi connectivity index (χ0) is 51.7. The average Bonchev–Trinajstić information content (AvgIpc) is 3.29. The number of primary amides is 1. The van der Waals surface area contributed by atoms with Gasteiger partial charge in [0.25, 0.3) is 0 Å². The molecule has 0 heterocycles. The van der Waals surface area contributed by atoms with E-state index in [0.717, 1.165) is 0 Å². The summed E-state index contributed by atoms with van der Waals surface area (Å²) in [6.07, 6.45) is 2.22. The summed E-state index contributed by atoms with van der Waals surface area (Å²) >= 11 is 0. The molecule has 2 rings (SSSR count). The summed E-state index contributed by atoms with van der Waals surface area (Å²) in [4.78, 5) is 105. The number of aromatic hydroxyl groups is 1. The predicted octanol–water partition coefficient (Wildman–Crippen LogP) is -1.10. The molecule has 382 valence electrons. The maximum Gasteiger partial charge on any atom is 0.243 e. The summed E-state index contributed by atoms with van der Waals surface area (Å²) in [5.74, 6) is -5.65. The van der Waals surface area contributed by atoms with Gasteiger partial charge in [-0.15, -0.1) is 0 Å². The number of phenolic OH excluding ortho intramolecular Hbond substituents is 1. The van der Waals surface area contributed by atoms with Crippen molar-refractivity contribution < 1.29 is 38.7 Å². The van der Waals surface area contributed by atoms with Gasteiger partial charge in [-0.05, 0) is 80.7 Å². The van der Waals surface area contributed by atoms with Crippen LogP contribution in [0.2, 0.25) is 0 Å². The number of rotatable bonds is 30. The monoisotopic (exact) mass is 965 g/mol. The lowest BCUT2D eigenvalue weighted by Gasteiger charge is -2.29. The highest BCUT2D eigenvalue weighted by atomic mass is 16.3. The van der Waals surface area contributed by atoms with Gasteiger partial charge in [-0.25, -0.2) is 0 Å². The zero-order valence-corrected chi connectivity index (χ0v) is 40.6. The molecule has 0 bridgehead atoms. The fourth-order valence-electron chi connectivity index (χ4n) is 6.87. The number of guanidine groups is 2. The summed E-state index contributed by atoms with van der Waals surface area (Å²) < 4.78 is 0. The van der Waals surface area contributed by atoms with Crippen LogP contribution in [-0.4, -0.2) is 114 Å². The van der Waals surface area contributed by atoms with Gasteiger partial charge in [0.2, 0.25) is 41.4 Å². The normalized spacial score (nSPS) is 14.2. The first-order valence-electron chi connectivity index (χ1n) is 23.3. The zero-order valence-electron chi connectivity index (χ0n) is 40.6. The molecular weight excluding hydrogens is 889 g/mol. The maximum atomic E-state index is 14.6. The van der Waals surface area contributed by atoms with Gasteiger partial charge in [-0.3, -0.25) is 43.5 Å². The predicted molar refractivity (Wildman–Crippen MR) is 264 cm³/mol. The number of nitrogens with zero attached hydrogens (tertiary/aromatic N) is 2. The molecule has 0 aliphatic carbocycles. The number of nitrogens with two attached hydrogens (primary N) is 6. The Bertz CT molecular complexity index is 2040. The minimum atomic E-state index is -1.39. The summed E-state index contributed by atoms with van der Waals surface area (Å²) in [6, 6.07) is 7.47. The SMILES string of the molecule is CC[C@H](C)[C@H](NC(=O)[C@H](CCCN=C(N)N)NC(=O)[C@H](Cc1ccc(O)cc1)NC(=O)[C@H](Cc1ccccc1)NC(=O)[C@H](CCCN=C(N)N)NC(=O)C(C)(C)C)C(=O)N[C@@H](CCCCN)C(N)=O. The molecule has 7 atom stereocenters. The Morgan fingerprint density at radius 2 is 1.00 bits per heavy atom. The molecule has 0 radical (unpaired) electrons. The highest BCUT2D eigenvalue weighted by molar-refractivity contribution is 5.97.